The molecule has 0 radical (unpaired) electrons. The molecular weight excluding hydrogens is 224 g/mol. The fourth-order valence-corrected chi connectivity index (χ4v) is 1.70. The van der Waals surface area contributed by atoms with Gasteiger partial charge in [-0.25, -0.2) is 9.59 Å². The first kappa shape index (κ1) is 11.2. The topological polar surface area (TPSA) is 76.7 Å². The van der Waals surface area contributed by atoms with Gasteiger partial charge < -0.3 is 14.3 Å². The number of methoxy groups -OCH3 is 1. The van der Waals surface area contributed by atoms with Crippen LogP contribution in [0.4, 0.5) is 0 Å². The normalized spacial score (nSPS) is 10.5. The van der Waals surface area contributed by atoms with E-state index in [9.17, 15) is 14.7 Å². The maximum absolute atomic E-state index is 11.6. The van der Waals surface area contributed by atoms with Crippen molar-refractivity contribution in [3.63, 3.8) is 0 Å². The fourth-order valence-electron chi connectivity index (χ4n) is 1.70. The number of phenols is 1. The molecule has 1 aromatic heterocycles. The molecule has 0 spiro atoms. The zero-order chi connectivity index (χ0) is 12.6. The number of benzene rings is 1. The van der Waals surface area contributed by atoms with Crippen molar-refractivity contribution < 1.29 is 19.1 Å². The van der Waals surface area contributed by atoms with Gasteiger partial charge in [-0.15, -0.1) is 0 Å². The Labute approximate surface area is 96.2 Å². The van der Waals surface area contributed by atoms with Crippen molar-refractivity contribution in [3.05, 3.63) is 39.7 Å². The molecular formula is C12H10O5. The largest absolute Gasteiger partial charge is 0.504 e. The Morgan fingerprint density at radius 2 is 2.12 bits per heavy atom. The summed E-state index contributed by atoms with van der Waals surface area (Å²) in [6.45, 7) is 1.60. The number of phenolic OH excluding ortho intramolecular Hbond substituents is 1. The number of aryl methyl sites for hydroxylation is 1. The van der Waals surface area contributed by atoms with E-state index in [2.05, 4.69) is 4.74 Å². The van der Waals surface area contributed by atoms with E-state index in [4.69, 9.17) is 4.42 Å². The van der Waals surface area contributed by atoms with E-state index in [-0.39, 0.29) is 16.9 Å². The number of hydrogen-bond acceptors (Lipinski definition) is 5. The van der Waals surface area contributed by atoms with Crippen LogP contribution in [0, 0.1) is 6.92 Å². The molecule has 0 saturated carbocycles. The number of rotatable bonds is 1. The molecule has 17 heavy (non-hydrogen) atoms. The predicted octanol–water partition coefficient (Wildman–Crippen LogP) is 1.59. The maximum atomic E-state index is 11.6. The van der Waals surface area contributed by atoms with Gasteiger partial charge in [-0.3, -0.25) is 0 Å². The Balaban J connectivity index is 2.91. The van der Waals surface area contributed by atoms with Crippen LogP contribution in [0.15, 0.2) is 27.4 Å². The van der Waals surface area contributed by atoms with Crippen LogP contribution in [0.3, 0.4) is 0 Å². The van der Waals surface area contributed by atoms with Crippen molar-refractivity contribution in [3.8, 4) is 5.75 Å². The minimum atomic E-state index is -0.816. The summed E-state index contributed by atoms with van der Waals surface area (Å²) in [6.07, 6.45) is 0. The van der Waals surface area contributed by atoms with E-state index in [1.807, 2.05) is 0 Å². The van der Waals surface area contributed by atoms with Crippen LogP contribution >= 0.6 is 0 Å². The van der Waals surface area contributed by atoms with Crippen LogP contribution in [-0.4, -0.2) is 18.2 Å². The molecule has 2 aromatic rings. The average molecular weight is 234 g/mol. The van der Waals surface area contributed by atoms with Crippen LogP contribution in [0.5, 0.6) is 5.75 Å². The number of carbonyl (C=O) groups excluding carboxylic acids is 1. The van der Waals surface area contributed by atoms with Crippen LogP contribution in [0.2, 0.25) is 0 Å². The van der Waals surface area contributed by atoms with Gasteiger partial charge in [0, 0.05) is 5.39 Å². The summed E-state index contributed by atoms with van der Waals surface area (Å²) in [5, 5.41) is 10.1. The average Bonchev–Trinajstić information content (AvgIpc) is 2.30. The third kappa shape index (κ3) is 1.65. The van der Waals surface area contributed by atoms with Crippen molar-refractivity contribution in [2.24, 2.45) is 0 Å². The number of carbonyl (C=O) groups is 1. The Bertz CT molecular complexity index is 654. The summed E-state index contributed by atoms with van der Waals surface area (Å²) >= 11 is 0. The molecule has 1 aromatic carbocycles. The Kier molecular flexibility index (Phi) is 2.59. The molecule has 1 N–H and O–H groups in total. The molecule has 0 aliphatic rings. The highest BCUT2D eigenvalue weighted by Crippen LogP contribution is 2.26. The zero-order valence-electron chi connectivity index (χ0n) is 9.31. The summed E-state index contributed by atoms with van der Waals surface area (Å²) in [5.41, 5.74) is -0.462. The van der Waals surface area contributed by atoms with E-state index < -0.39 is 11.6 Å². The molecule has 0 aliphatic carbocycles. The van der Waals surface area contributed by atoms with Gasteiger partial charge in [-0.1, -0.05) is 12.1 Å². The summed E-state index contributed by atoms with van der Waals surface area (Å²) in [6, 6.07) is 4.66. The third-order valence-electron chi connectivity index (χ3n) is 2.56. The summed E-state index contributed by atoms with van der Waals surface area (Å²) in [5.74, 6) is -0.888. The Morgan fingerprint density at radius 1 is 1.41 bits per heavy atom. The first-order valence-electron chi connectivity index (χ1n) is 4.90. The van der Waals surface area contributed by atoms with Gasteiger partial charge in [0.1, 0.15) is 5.56 Å². The van der Waals surface area contributed by atoms with E-state index >= 15 is 0 Å². The number of hydrogen-bond donors (Lipinski definition) is 1. The lowest BCUT2D eigenvalue weighted by Crippen LogP contribution is -2.17. The van der Waals surface area contributed by atoms with Gasteiger partial charge in [-0.05, 0) is 18.6 Å². The van der Waals surface area contributed by atoms with E-state index in [0.29, 0.717) is 10.9 Å². The smallest absolute Gasteiger partial charge is 0.351 e. The van der Waals surface area contributed by atoms with Gasteiger partial charge in [0.05, 0.1) is 7.11 Å². The summed E-state index contributed by atoms with van der Waals surface area (Å²) < 4.78 is 9.44. The molecule has 0 fully saturated rings. The minimum absolute atomic E-state index is 0.0719. The minimum Gasteiger partial charge on any atom is -0.504 e. The SMILES string of the molecule is COC(=O)c1c(C)c2cccc(O)c2oc1=O. The van der Waals surface area contributed by atoms with E-state index in [1.54, 1.807) is 19.1 Å². The second kappa shape index (κ2) is 3.93. The maximum Gasteiger partial charge on any atom is 0.351 e. The number of ether oxygens (including phenoxy) is 1. The van der Waals surface area contributed by atoms with Gasteiger partial charge in [-0.2, -0.15) is 0 Å². The molecule has 0 aliphatic heterocycles. The number of para-hydroxylation sites is 1. The van der Waals surface area contributed by atoms with Gasteiger partial charge in [0.2, 0.25) is 0 Å². The molecule has 0 saturated heterocycles. The molecule has 0 atom stereocenters. The first-order valence-corrected chi connectivity index (χ1v) is 4.90. The highest BCUT2D eigenvalue weighted by Gasteiger charge is 2.19. The van der Waals surface area contributed by atoms with Crippen LogP contribution in [-0.2, 0) is 4.74 Å². The van der Waals surface area contributed by atoms with Crippen molar-refractivity contribution in [2.75, 3.05) is 7.11 Å². The van der Waals surface area contributed by atoms with Gasteiger partial charge in [0.25, 0.3) is 0 Å². The summed E-state index contributed by atoms with van der Waals surface area (Å²) in [4.78, 5) is 23.1. The zero-order valence-corrected chi connectivity index (χ0v) is 9.31. The number of fused-ring (bicyclic) bond motifs is 1. The van der Waals surface area contributed by atoms with Crippen LogP contribution in [0.25, 0.3) is 11.0 Å². The van der Waals surface area contributed by atoms with Crippen molar-refractivity contribution >= 4 is 16.9 Å². The van der Waals surface area contributed by atoms with Crippen molar-refractivity contribution in [1.82, 2.24) is 0 Å². The molecule has 0 amide bonds. The monoisotopic (exact) mass is 234 g/mol. The Morgan fingerprint density at radius 3 is 2.76 bits per heavy atom. The van der Waals surface area contributed by atoms with Crippen LogP contribution in [0.1, 0.15) is 15.9 Å². The lowest BCUT2D eigenvalue weighted by atomic mass is 10.1. The molecule has 2 rings (SSSR count). The lowest BCUT2D eigenvalue weighted by Gasteiger charge is -2.06. The third-order valence-corrected chi connectivity index (χ3v) is 2.56. The standard InChI is InChI=1S/C12H10O5/c1-6-7-4-3-5-8(13)10(7)17-12(15)9(6)11(14)16-2/h3-5,13H,1-2H3. The van der Waals surface area contributed by atoms with E-state index in [0.717, 1.165) is 0 Å². The molecule has 0 bridgehead atoms. The quantitative estimate of drug-likeness (QED) is 0.599. The molecule has 88 valence electrons. The van der Waals surface area contributed by atoms with Crippen LogP contribution < -0.4 is 5.63 Å². The molecule has 5 heteroatoms. The highest BCUT2D eigenvalue weighted by molar-refractivity contribution is 5.97. The molecule has 0 unspecified atom stereocenters. The van der Waals surface area contributed by atoms with Crippen molar-refractivity contribution in [2.45, 2.75) is 6.92 Å². The lowest BCUT2D eigenvalue weighted by molar-refractivity contribution is 0.0595. The van der Waals surface area contributed by atoms with Gasteiger partial charge >= 0.3 is 11.6 Å². The Hall–Kier alpha value is -2.30. The van der Waals surface area contributed by atoms with Gasteiger partial charge in [0.15, 0.2) is 11.3 Å². The number of esters is 1. The van der Waals surface area contributed by atoms with Crippen molar-refractivity contribution in [1.29, 1.82) is 0 Å². The molecule has 1 heterocycles. The van der Waals surface area contributed by atoms with E-state index in [1.165, 1.54) is 13.2 Å². The fraction of sp³-hybridized carbons (Fsp3) is 0.167. The summed E-state index contributed by atoms with van der Waals surface area (Å²) in [7, 11) is 1.19. The first-order chi connectivity index (χ1) is 8.06. The molecule has 5 nitrogen and oxygen atoms in total. The highest BCUT2D eigenvalue weighted by atomic mass is 16.5. The second-order valence-corrected chi connectivity index (χ2v) is 3.53. The second-order valence-electron chi connectivity index (χ2n) is 3.53. The predicted molar refractivity (Wildman–Crippen MR) is 60.2 cm³/mol. The number of aromatic hydroxyl groups is 1.